The molecule has 0 unspecified atom stereocenters. The molecule has 76 valence electrons. The molecule has 0 spiro atoms. The number of rotatable bonds is 3. The van der Waals surface area contributed by atoms with Crippen molar-refractivity contribution in [2.75, 3.05) is 4.43 Å². The minimum absolute atomic E-state index is 0.663. The van der Waals surface area contributed by atoms with Crippen molar-refractivity contribution in [1.82, 2.24) is 0 Å². The van der Waals surface area contributed by atoms with E-state index in [2.05, 4.69) is 42.5 Å². The first-order chi connectivity index (χ1) is 6.18. The number of hydrogen-bond donors (Lipinski definition) is 0. The Bertz CT molecular complexity index is 172. The largest absolute Gasteiger partial charge is 0.0858 e. The van der Waals surface area contributed by atoms with Gasteiger partial charge in [-0.25, -0.2) is 0 Å². The lowest BCUT2D eigenvalue weighted by molar-refractivity contribution is 0.230. The predicted octanol–water partition coefficient (Wildman–Crippen LogP) is 4.73. The minimum atomic E-state index is 0.663. The fourth-order valence-electron chi connectivity index (χ4n) is 2.11. The molecule has 0 heterocycles. The van der Waals surface area contributed by atoms with E-state index < -0.39 is 0 Å². The summed E-state index contributed by atoms with van der Waals surface area (Å²) in [4.78, 5) is 0. The normalized spacial score (nSPS) is 21.2. The second-order valence-corrected chi connectivity index (χ2v) is 5.44. The average Bonchev–Trinajstić information content (AvgIpc) is 2.16. The van der Waals surface area contributed by atoms with E-state index in [-0.39, 0.29) is 0 Å². The Hall–Kier alpha value is 0.470. The van der Waals surface area contributed by atoms with Gasteiger partial charge in [-0.3, -0.25) is 0 Å². The summed E-state index contributed by atoms with van der Waals surface area (Å²) in [6.45, 7) is 4.42. The van der Waals surface area contributed by atoms with E-state index in [4.69, 9.17) is 0 Å². The van der Waals surface area contributed by atoms with Crippen LogP contribution >= 0.6 is 22.6 Å². The number of halogens is 1. The maximum Gasteiger partial charge on any atom is 0.00549 e. The van der Waals surface area contributed by atoms with Gasteiger partial charge in [0.05, 0.1) is 0 Å². The Labute approximate surface area is 96.3 Å². The summed E-state index contributed by atoms with van der Waals surface area (Å²) in [6, 6.07) is 0. The molecular weight excluding hydrogens is 271 g/mol. The van der Waals surface area contributed by atoms with Crippen LogP contribution in [0.25, 0.3) is 0 Å². The van der Waals surface area contributed by atoms with Gasteiger partial charge in [-0.15, -0.1) is 0 Å². The van der Waals surface area contributed by atoms with Crippen molar-refractivity contribution >= 4 is 22.6 Å². The van der Waals surface area contributed by atoms with Gasteiger partial charge in [0.1, 0.15) is 0 Å². The Kier molecular flexibility index (Phi) is 4.77. The lowest BCUT2D eigenvalue weighted by atomic mass is 9.73. The summed E-state index contributed by atoms with van der Waals surface area (Å²) < 4.78 is 1.34. The minimum Gasteiger partial charge on any atom is -0.0858 e. The van der Waals surface area contributed by atoms with Gasteiger partial charge in [0, 0.05) is 4.43 Å². The van der Waals surface area contributed by atoms with Crippen molar-refractivity contribution in [1.29, 1.82) is 0 Å². The molecule has 0 aromatic rings. The Morgan fingerprint density at radius 2 is 1.85 bits per heavy atom. The van der Waals surface area contributed by atoms with Crippen LogP contribution in [0.15, 0.2) is 11.6 Å². The smallest absolute Gasteiger partial charge is 0.00549 e. The van der Waals surface area contributed by atoms with Gasteiger partial charge < -0.3 is 0 Å². The van der Waals surface area contributed by atoms with Gasteiger partial charge in [-0.05, 0) is 38.5 Å². The molecule has 0 amide bonds. The molecule has 13 heavy (non-hydrogen) atoms. The van der Waals surface area contributed by atoms with Crippen molar-refractivity contribution in [3.05, 3.63) is 11.6 Å². The van der Waals surface area contributed by atoms with Crippen LogP contribution in [-0.4, -0.2) is 4.43 Å². The second kappa shape index (κ2) is 5.38. The van der Waals surface area contributed by atoms with E-state index >= 15 is 0 Å². The maximum atomic E-state index is 2.58. The van der Waals surface area contributed by atoms with E-state index in [1.54, 1.807) is 0 Å². The summed E-state index contributed by atoms with van der Waals surface area (Å²) in [6.07, 6.45) is 11.0. The highest BCUT2D eigenvalue weighted by atomic mass is 127. The van der Waals surface area contributed by atoms with Gasteiger partial charge in [-0.2, -0.15) is 0 Å². The highest BCUT2D eigenvalue weighted by Gasteiger charge is 2.29. The summed E-state index contributed by atoms with van der Waals surface area (Å²) in [5, 5.41) is 0. The molecule has 0 atom stereocenters. The molecule has 1 rings (SSSR count). The SMILES string of the molecule is CC(C)=CCC1(CI)CCCCC1. The number of alkyl halides is 1. The van der Waals surface area contributed by atoms with Crippen LogP contribution in [0.5, 0.6) is 0 Å². The molecule has 0 aliphatic heterocycles. The van der Waals surface area contributed by atoms with Crippen LogP contribution in [0.2, 0.25) is 0 Å². The Morgan fingerprint density at radius 1 is 1.23 bits per heavy atom. The van der Waals surface area contributed by atoms with E-state index in [0.717, 1.165) is 0 Å². The predicted molar refractivity (Wildman–Crippen MR) is 68.5 cm³/mol. The third-order valence-corrected chi connectivity index (χ3v) is 4.76. The average molecular weight is 292 g/mol. The van der Waals surface area contributed by atoms with Gasteiger partial charge in [0.15, 0.2) is 0 Å². The van der Waals surface area contributed by atoms with E-state index in [9.17, 15) is 0 Å². The lowest BCUT2D eigenvalue weighted by Crippen LogP contribution is -2.25. The number of allylic oxidation sites excluding steroid dienone is 2. The molecule has 1 aliphatic carbocycles. The highest BCUT2D eigenvalue weighted by Crippen LogP contribution is 2.41. The van der Waals surface area contributed by atoms with Crippen LogP contribution in [0.3, 0.4) is 0 Å². The maximum absolute atomic E-state index is 2.58. The Morgan fingerprint density at radius 3 is 2.31 bits per heavy atom. The Balaban J connectivity index is 2.52. The van der Waals surface area contributed by atoms with Crippen LogP contribution in [0.4, 0.5) is 0 Å². The standard InChI is InChI=1S/C12H21I/c1-11(2)6-9-12(10-13)7-4-3-5-8-12/h6H,3-5,7-10H2,1-2H3. The summed E-state index contributed by atoms with van der Waals surface area (Å²) in [7, 11) is 0. The van der Waals surface area contributed by atoms with Crippen LogP contribution in [0.1, 0.15) is 52.4 Å². The third-order valence-electron chi connectivity index (χ3n) is 3.14. The van der Waals surface area contributed by atoms with Crippen LogP contribution in [0, 0.1) is 5.41 Å². The van der Waals surface area contributed by atoms with E-state index in [1.807, 2.05) is 0 Å². The molecule has 1 heteroatoms. The molecule has 1 saturated carbocycles. The third kappa shape index (κ3) is 3.61. The highest BCUT2D eigenvalue weighted by molar-refractivity contribution is 14.1. The van der Waals surface area contributed by atoms with Crippen molar-refractivity contribution in [2.45, 2.75) is 52.4 Å². The van der Waals surface area contributed by atoms with Crippen molar-refractivity contribution in [2.24, 2.45) is 5.41 Å². The van der Waals surface area contributed by atoms with Crippen molar-refractivity contribution in [3.63, 3.8) is 0 Å². The molecule has 1 fully saturated rings. The first-order valence-electron chi connectivity index (χ1n) is 5.38. The molecule has 0 radical (unpaired) electrons. The first-order valence-corrected chi connectivity index (χ1v) is 6.90. The molecule has 0 bridgehead atoms. The van der Waals surface area contributed by atoms with E-state index in [0.29, 0.717) is 5.41 Å². The number of hydrogen-bond acceptors (Lipinski definition) is 0. The second-order valence-electron chi connectivity index (χ2n) is 4.68. The molecule has 0 aromatic carbocycles. The van der Waals surface area contributed by atoms with Crippen LogP contribution < -0.4 is 0 Å². The zero-order chi connectivity index (χ0) is 9.73. The van der Waals surface area contributed by atoms with Gasteiger partial charge in [0.25, 0.3) is 0 Å². The lowest BCUT2D eigenvalue weighted by Gasteiger charge is -2.35. The summed E-state index contributed by atoms with van der Waals surface area (Å²) in [5.41, 5.74) is 2.14. The van der Waals surface area contributed by atoms with Gasteiger partial charge >= 0.3 is 0 Å². The molecular formula is C12H21I. The van der Waals surface area contributed by atoms with Gasteiger partial charge in [-0.1, -0.05) is 53.5 Å². The molecule has 1 aliphatic rings. The first kappa shape index (κ1) is 11.5. The monoisotopic (exact) mass is 292 g/mol. The van der Waals surface area contributed by atoms with Crippen LogP contribution in [-0.2, 0) is 0 Å². The van der Waals surface area contributed by atoms with Gasteiger partial charge in [0.2, 0.25) is 0 Å². The topological polar surface area (TPSA) is 0 Å². The molecule has 0 saturated heterocycles. The quantitative estimate of drug-likeness (QED) is 0.401. The zero-order valence-corrected chi connectivity index (χ0v) is 11.1. The molecule has 0 nitrogen and oxygen atoms in total. The fourth-order valence-corrected chi connectivity index (χ4v) is 3.19. The zero-order valence-electron chi connectivity index (χ0n) is 8.91. The summed E-state index contributed by atoms with van der Waals surface area (Å²) in [5.74, 6) is 0. The van der Waals surface area contributed by atoms with Crippen molar-refractivity contribution in [3.8, 4) is 0 Å². The molecule has 0 N–H and O–H groups in total. The van der Waals surface area contributed by atoms with E-state index in [1.165, 1.54) is 48.5 Å². The van der Waals surface area contributed by atoms with Crippen molar-refractivity contribution < 1.29 is 0 Å². The molecule has 0 aromatic heterocycles. The summed E-state index contributed by atoms with van der Waals surface area (Å²) >= 11 is 2.58. The fraction of sp³-hybridized carbons (Fsp3) is 0.833.